The third-order valence-electron chi connectivity index (χ3n) is 2.78. The van der Waals surface area contributed by atoms with Crippen LogP contribution in [0.4, 0.5) is 10.2 Å². The fourth-order valence-corrected chi connectivity index (χ4v) is 1.94. The lowest BCUT2D eigenvalue weighted by molar-refractivity contribution is 0.553. The molecule has 2 rings (SSSR count). The van der Waals surface area contributed by atoms with E-state index in [1.807, 2.05) is 20.8 Å². The number of hydrogen-bond acceptors (Lipinski definition) is 5. The molecule has 0 saturated carbocycles. The number of aromatic amines is 1. The molecule has 0 aliphatic rings. The molecule has 8 heteroatoms. The van der Waals surface area contributed by atoms with Gasteiger partial charge < -0.3 is 0 Å². The molecular formula is C14H15ClFN5O. The Morgan fingerprint density at radius 3 is 2.77 bits per heavy atom. The Labute approximate surface area is 131 Å². The van der Waals surface area contributed by atoms with Crippen molar-refractivity contribution in [3.8, 4) is 0 Å². The van der Waals surface area contributed by atoms with Crippen molar-refractivity contribution >= 4 is 23.6 Å². The van der Waals surface area contributed by atoms with Gasteiger partial charge in [0.2, 0.25) is 0 Å². The van der Waals surface area contributed by atoms with Crippen molar-refractivity contribution in [1.29, 1.82) is 0 Å². The lowest BCUT2D eigenvalue weighted by Gasteiger charge is -2.18. The lowest BCUT2D eigenvalue weighted by Crippen LogP contribution is -2.24. The van der Waals surface area contributed by atoms with Gasteiger partial charge in [-0.3, -0.25) is 5.43 Å². The third-order valence-corrected chi connectivity index (χ3v) is 3.10. The molecule has 6 nitrogen and oxygen atoms in total. The Kier molecular flexibility index (Phi) is 4.56. The lowest BCUT2D eigenvalue weighted by atomic mass is 9.92. The van der Waals surface area contributed by atoms with Crippen LogP contribution in [0.3, 0.4) is 0 Å². The monoisotopic (exact) mass is 323 g/mol. The van der Waals surface area contributed by atoms with E-state index in [9.17, 15) is 9.18 Å². The van der Waals surface area contributed by atoms with E-state index in [-0.39, 0.29) is 21.8 Å². The maximum absolute atomic E-state index is 13.6. The summed E-state index contributed by atoms with van der Waals surface area (Å²) in [6.45, 7) is 5.74. The summed E-state index contributed by atoms with van der Waals surface area (Å²) in [6, 6.07) is 4.34. The number of aromatic nitrogens is 3. The summed E-state index contributed by atoms with van der Waals surface area (Å²) in [5.74, 6) is -0.286. The molecule has 1 aromatic heterocycles. The van der Waals surface area contributed by atoms with E-state index in [0.717, 1.165) is 0 Å². The third kappa shape index (κ3) is 3.67. The fourth-order valence-electron chi connectivity index (χ4n) is 1.73. The minimum Gasteiger partial charge on any atom is -0.260 e. The van der Waals surface area contributed by atoms with Gasteiger partial charge in [0.1, 0.15) is 11.5 Å². The van der Waals surface area contributed by atoms with Gasteiger partial charge >= 0.3 is 5.69 Å². The van der Waals surface area contributed by atoms with Crippen molar-refractivity contribution in [2.24, 2.45) is 5.10 Å². The second-order valence-electron chi connectivity index (χ2n) is 5.59. The normalized spacial score (nSPS) is 11.9. The molecule has 2 aromatic rings. The van der Waals surface area contributed by atoms with E-state index >= 15 is 0 Å². The van der Waals surface area contributed by atoms with Crippen LogP contribution in [0.25, 0.3) is 0 Å². The SMILES string of the molecule is CC(C)(C)c1n[nH]c(=O)nc1N/N=C/c1c(F)cccc1Cl. The predicted octanol–water partition coefficient (Wildman–Crippen LogP) is 2.70. The number of anilines is 1. The molecule has 0 unspecified atom stereocenters. The van der Waals surface area contributed by atoms with Gasteiger partial charge in [0.05, 0.1) is 11.2 Å². The summed E-state index contributed by atoms with van der Waals surface area (Å²) >= 11 is 5.90. The van der Waals surface area contributed by atoms with Crippen LogP contribution >= 0.6 is 11.6 Å². The first kappa shape index (κ1) is 16.1. The Morgan fingerprint density at radius 2 is 2.14 bits per heavy atom. The number of rotatable bonds is 3. The van der Waals surface area contributed by atoms with E-state index < -0.39 is 11.5 Å². The second-order valence-corrected chi connectivity index (χ2v) is 6.00. The number of benzene rings is 1. The molecule has 0 spiro atoms. The molecule has 1 aromatic carbocycles. The zero-order valence-corrected chi connectivity index (χ0v) is 13.1. The quantitative estimate of drug-likeness (QED) is 0.672. The number of H-pyrrole nitrogens is 1. The number of nitrogens with zero attached hydrogens (tertiary/aromatic N) is 3. The first-order valence-electron chi connectivity index (χ1n) is 6.49. The molecule has 0 amide bonds. The number of hydrazone groups is 1. The van der Waals surface area contributed by atoms with Crippen molar-refractivity contribution in [3.05, 3.63) is 50.8 Å². The maximum atomic E-state index is 13.6. The summed E-state index contributed by atoms with van der Waals surface area (Å²) < 4.78 is 13.6. The van der Waals surface area contributed by atoms with Crippen molar-refractivity contribution in [2.75, 3.05) is 5.43 Å². The number of nitrogens with one attached hydrogen (secondary N) is 2. The van der Waals surface area contributed by atoms with Gasteiger partial charge in [-0.15, -0.1) is 0 Å². The van der Waals surface area contributed by atoms with Gasteiger partial charge in [-0.25, -0.2) is 14.3 Å². The summed E-state index contributed by atoms with van der Waals surface area (Å²) in [6.07, 6.45) is 1.23. The molecule has 0 aliphatic heterocycles. The zero-order valence-electron chi connectivity index (χ0n) is 12.3. The van der Waals surface area contributed by atoms with Crippen LogP contribution in [0.5, 0.6) is 0 Å². The maximum Gasteiger partial charge on any atom is 0.363 e. The largest absolute Gasteiger partial charge is 0.363 e. The molecule has 22 heavy (non-hydrogen) atoms. The van der Waals surface area contributed by atoms with Gasteiger partial charge in [0.25, 0.3) is 0 Å². The van der Waals surface area contributed by atoms with Crippen LogP contribution in [-0.4, -0.2) is 21.4 Å². The van der Waals surface area contributed by atoms with Crippen molar-refractivity contribution in [1.82, 2.24) is 15.2 Å². The Balaban J connectivity index is 2.30. The minimum atomic E-state index is -0.602. The standard InChI is InChI=1S/C14H15ClFN5O/c1-14(2,3)11-12(18-13(22)21-19-11)20-17-7-8-9(15)5-4-6-10(8)16/h4-7H,1-3H3,(H2,18,20,21,22)/b17-7+. The molecule has 0 atom stereocenters. The van der Waals surface area contributed by atoms with Gasteiger partial charge in [0.15, 0.2) is 5.82 Å². The topological polar surface area (TPSA) is 83.0 Å². The van der Waals surface area contributed by atoms with Crippen LogP contribution in [0, 0.1) is 5.82 Å². The van der Waals surface area contributed by atoms with Crippen molar-refractivity contribution in [3.63, 3.8) is 0 Å². The van der Waals surface area contributed by atoms with Gasteiger partial charge in [-0.2, -0.15) is 15.2 Å². The molecule has 116 valence electrons. The molecule has 0 radical (unpaired) electrons. The first-order valence-corrected chi connectivity index (χ1v) is 6.87. The summed E-state index contributed by atoms with van der Waals surface area (Å²) in [4.78, 5) is 15.1. The van der Waals surface area contributed by atoms with Crippen LogP contribution in [0.2, 0.25) is 5.02 Å². The van der Waals surface area contributed by atoms with Gasteiger partial charge in [-0.05, 0) is 12.1 Å². The molecule has 1 heterocycles. The fraction of sp³-hybridized carbons (Fsp3) is 0.286. The van der Waals surface area contributed by atoms with Crippen LogP contribution < -0.4 is 11.1 Å². The molecule has 0 aliphatic carbocycles. The minimum absolute atomic E-state index is 0.145. The second kappa shape index (κ2) is 6.23. The molecule has 2 N–H and O–H groups in total. The van der Waals surface area contributed by atoms with Gasteiger partial charge in [0, 0.05) is 11.0 Å². The van der Waals surface area contributed by atoms with Crippen LogP contribution in [-0.2, 0) is 5.41 Å². The van der Waals surface area contributed by atoms with Crippen LogP contribution in [0.15, 0.2) is 28.1 Å². The van der Waals surface area contributed by atoms with Gasteiger partial charge in [-0.1, -0.05) is 38.4 Å². The van der Waals surface area contributed by atoms with Crippen molar-refractivity contribution < 1.29 is 4.39 Å². The highest BCUT2D eigenvalue weighted by Crippen LogP contribution is 2.24. The molecule has 0 fully saturated rings. The summed E-state index contributed by atoms with van der Waals surface area (Å²) in [5.41, 5.74) is 2.33. The first-order chi connectivity index (χ1) is 10.3. The number of halogens is 2. The van der Waals surface area contributed by atoms with E-state index in [1.54, 1.807) is 6.07 Å². The van der Waals surface area contributed by atoms with E-state index in [2.05, 4.69) is 25.7 Å². The Hall–Kier alpha value is -2.28. The average Bonchev–Trinajstić information content (AvgIpc) is 2.41. The number of hydrogen-bond donors (Lipinski definition) is 2. The zero-order chi connectivity index (χ0) is 16.3. The highest BCUT2D eigenvalue weighted by molar-refractivity contribution is 6.33. The smallest absolute Gasteiger partial charge is 0.260 e. The highest BCUT2D eigenvalue weighted by Gasteiger charge is 2.21. The highest BCUT2D eigenvalue weighted by atomic mass is 35.5. The van der Waals surface area contributed by atoms with E-state index in [4.69, 9.17) is 11.6 Å². The van der Waals surface area contributed by atoms with E-state index in [0.29, 0.717) is 5.69 Å². The summed E-state index contributed by atoms with van der Waals surface area (Å²) in [7, 11) is 0. The molecule has 0 bridgehead atoms. The Bertz CT molecular complexity index is 746. The Morgan fingerprint density at radius 1 is 1.41 bits per heavy atom. The van der Waals surface area contributed by atoms with Crippen molar-refractivity contribution in [2.45, 2.75) is 26.2 Å². The van der Waals surface area contributed by atoms with E-state index in [1.165, 1.54) is 18.3 Å². The summed E-state index contributed by atoms with van der Waals surface area (Å²) in [5, 5.41) is 10.4. The average molecular weight is 324 g/mol. The molecular weight excluding hydrogens is 309 g/mol. The van der Waals surface area contributed by atoms with Crippen LogP contribution in [0.1, 0.15) is 32.0 Å². The molecule has 0 saturated heterocycles. The predicted molar refractivity (Wildman–Crippen MR) is 84.0 cm³/mol.